The molecule has 1 aromatic rings. The summed E-state index contributed by atoms with van der Waals surface area (Å²) in [6, 6.07) is 3.94. The molecule has 1 aliphatic carbocycles. The fourth-order valence-electron chi connectivity index (χ4n) is 4.94. The highest BCUT2D eigenvalue weighted by atomic mass is 16.2. The minimum absolute atomic E-state index is 0.0295. The van der Waals surface area contributed by atoms with Gasteiger partial charge in [0.1, 0.15) is 0 Å². The van der Waals surface area contributed by atoms with Crippen LogP contribution in [0.3, 0.4) is 0 Å². The summed E-state index contributed by atoms with van der Waals surface area (Å²) in [6.07, 6.45) is 12.2. The van der Waals surface area contributed by atoms with E-state index in [9.17, 15) is 9.59 Å². The number of likely N-dealkylation sites (tertiary alicyclic amines) is 2. The van der Waals surface area contributed by atoms with Crippen molar-refractivity contribution in [2.24, 2.45) is 5.41 Å². The van der Waals surface area contributed by atoms with Crippen molar-refractivity contribution in [2.45, 2.75) is 57.4 Å². The van der Waals surface area contributed by atoms with Crippen molar-refractivity contribution in [1.82, 2.24) is 14.8 Å². The van der Waals surface area contributed by atoms with Crippen LogP contribution < -0.4 is 0 Å². The Balaban J connectivity index is 1.48. The van der Waals surface area contributed by atoms with Crippen LogP contribution in [0.15, 0.2) is 24.5 Å². The van der Waals surface area contributed by atoms with Crippen LogP contribution >= 0.6 is 0 Å². The largest absolute Gasteiger partial charge is 0.339 e. The van der Waals surface area contributed by atoms with E-state index in [1.165, 1.54) is 19.3 Å². The Morgan fingerprint density at radius 1 is 1.04 bits per heavy atom. The zero-order valence-electron chi connectivity index (χ0n) is 14.8. The average Bonchev–Trinajstić information content (AvgIpc) is 3.10. The van der Waals surface area contributed by atoms with Crippen molar-refractivity contribution < 1.29 is 9.59 Å². The lowest BCUT2D eigenvalue weighted by Gasteiger charge is -2.44. The van der Waals surface area contributed by atoms with E-state index in [0.29, 0.717) is 30.6 Å². The molecule has 0 radical (unpaired) electrons. The third-order valence-electron chi connectivity index (χ3n) is 6.35. The van der Waals surface area contributed by atoms with Crippen molar-refractivity contribution >= 4 is 11.8 Å². The molecular formula is C20H27N3O2. The first kappa shape index (κ1) is 16.6. The standard InChI is InChI=1S/C20H27N3O2/c24-18(16-7-11-21-12-8-16)22-14-10-20(15-22)9-4-13-23(19(20)25)17-5-2-1-3-6-17/h7-8,11-12,17H,1-6,9-10,13-15H2/t20-/m0/s1. The Hall–Kier alpha value is -1.91. The first-order valence-electron chi connectivity index (χ1n) is 9.70. The van der Waals surface area contributed by atoms with Crippen LogP contribution in [-0.4, -0.2) is 52.3 Å². The molecule has 3 fully saturated rings. The molecule has 1 saturated carbocycles. The van der Waals surface area contributed by atoms with Gasteiger partial charge in [-0.25, -0.2) is 0 Å². The van der Waals surface area contributed by atoms with E-state index in [2.05, 4.69) is 9.88 Å². The topological polar surface area (TPSA) is 53.5 Å². The Bertz CT molecular complexity index is 642. The van der Waals surface area contributed by atoms with Crippen molar-refractivity contribution in [2.75, 3.05) is 19.6 Å². The molecule has 1 spiro atoms. The maximum atomic E-state index is 13.3. The molecule has 0 N–H and O–H groups in total. The summed E-state index contributed by atoms with van der Waals surface area (Å²) in [5.41, 5.74) is 0.331. The van der Waals surface area contributed by atoms with Crippen molar-refractivity contribution in [1.29, 1.82) is 0 Å². The molecule has 0 bridgehead atoms. The van der Waals surface area contributed by atoms with E-state index in [0.717, 1.165) is 38.6 Å². The minimum atomic E-state index is -0.335. The molecule has 5 heteroatoms. The maximum absolute atomic E-state index is 13.3. The summed E-state index contributed by atoms with van der Waals surface area (Å²) in [4.78, 5) is 34.1. The van der Waals surface area contributed by atoms with Crippen molar-refractivity contribution in [3.05, 3.63) is 30.1 Å². The lowest BCUT2D eigenvalue weighted by Crippen LogP contribution is -2.54. The lowest BCUT2D eigenvalue weighted by atomic mass is 9.77. The predicted molar refractivity (Wildman–Crippen MR) is 95.0 cm³/mol. The van der Waals surface area contributed by atoms with Gasteiger partial charge in [-0.3, -0.25) is 14.6 Å². The predicted octanol–water partition coefficient (Wildman–Crippen LogP) is 2.87. The number of hydrogen-bond donors (Lipinski definition) is 0. The lowest BCUT2D eigenvalue weighted by molar-refractivity contribution is -0.149. The maximum Gasteiger partial charge on any atom is 0.253 e. The second-order valence-corrected chi connectivity index (χ2v) is 7.89. The summed E-state index contributed by atoms with van der Waals surface area (Å²) in [7, 11) is 0. The molecule has 134 valence electrons. The SMILES string of the molecule is O=C(c1ccncc1)N1CC[C@@]2(CCCN(C3CCCCC3)C2=O)C1. The van der Waals surface area contributed by atoms with E-state index in [4.69, 9.17) is 0 Å². The zero-order chi connectivity index (χ0) is 17.3. The van der Waals surface area contributed by atoms with E-state index in [1.54, 1.807) is 24.5 Å². The number of hydrogen-bond acceptors (Lipinski definition) is 3. The minimum Gasteiger partial charge on any atom is -0.339 e. The van der Waals surface area contributed by atoms with Crippen LogP contribution in [0.4, 0.5) is 0 Å². The van der Waals surface area contributed by atoms with Gasteiger partial charge in [0.15, 0.2) is 0 Å². The van der Waals surface area contributed by atoms with Crippen LogP contribution in [-0.2, 0) is 4.79 Å². The summed E-state index contributed by atoms with van der Waals surface area (Å²) in [5, 5.41) is 0. The fourth-order valence-corrected chi connectivity index (χ4v) is 4.94. The smallest absolute Gasteiger partial charge is 0.253 e. The van der Waals surface area contributed by atoms with Crippen LogP contribution in [0.1, 0.15) is 61.7 Å². The molecule has 4 rings (SSSR count). The number of amides is 2. The third kappa shape index (κ3) is 3.05. The van der Waals surface area contributed by atoms with Gasteiger partial charge in [0, 0.05) is 43.6 Å². The average molecular weight is 341 g/mol. The number of rotatable bonds is 2. The second-order valence-electron chi connectivity index (χ2n) is 7.89. The molecule has 1 atom stereocenters. The van der Waals surface area contributed by atoms with Crippen LogP contribution in [0, 0.1) is 5.41 Å². The molecule has 2 aliphatic heterocycles. The second kappa shape index (κ2) is 6.77. The first-order chi connectivity index (χ1) is 12.2. The summed E-state index contributed by atoms with van der Waals surface area (Å²) < 4.78 is 0. The van der Waals surface area contributed by atoms with Crippen molar-refractivity contribution in [3.63, 3.8) is 0 Å². The van der Waals surface area contributed by atoms with E-state index >= 15 is 0 Å². The van der Waals surface area contributed by atoms with Gasteiger partial charge in [0.2, 0.25) is 5.91 Å². The van der Waals surface area contributed by atoms with Gasteiger partial charge in [0.25, 0.3) is 5.91 Å². The van der Waals surface area contributed by atoms with E-state index in [-0.39, 0.29) is 11.3 Å². The van der Waals surface area contributed by atoms with Gasteiger partial charge < -0.3 is 9.80 Å². The molecule has 1 aromatic heterocycles. The molecule has 0 unspecified atom stereocenters. The monoisotopic (exact) mass is 341 g/mol. The number of pyridine rings is 1. The van der Waals surface area contributed by atoms with Gasteiger partial charge in [-0.15, -0.1) is 0 Å². The highest BCUT2D eigenvalue weighted by Crippen LogP contribution is 2.42. The fraction of sp³-hybridized carbons (Fsp3) is 0.650. The molecular weight excluding hydrogens is 314 g/mol. The highest BCUT2D eigenvalue weighted by molar-refractivity contribution is 5.95. The van der Waals surface area contributed by atoms with Crippen LogP contribution in [0.25, 0.3) is 0 Å². The molecule has 0 aromatic carbocycles. The van der Waals surface area contributed by atoms with Crippen molar-refractivity contribution in [3.8, 4) is 0 Å². The normalized spacial score (nSPS) is 27.9. The molecule has 2 saturated heterocycles. The van der Waals surface area contributed by atoms with Gasteiger partial charge >= 0.3 is 0 Å². The van der Waals surface area contributed by atoms with Crippen LogP contribution in [0.5, 0.6) is 0 Å². The Morgan fingerprint density at radius 2 is 1.80 bits per heavy atom. The third-order valence-corrected chi connectivity index (χ3v) is 6.35. The van der Waals surface area contributed by atoms with E-state index in [1.807, 2.05) is 4.90 Å². The Labute approximate surface area is 149 Å². The molecule has 3 heterocycles. The Morgan fingerprint density at radius 3 is 2.56 bits per heavy atom. The molecule has 25 heavy (non-hydrogen) atoms. The molecule has 5 nitrogen and oxygen atoms in total. The van der Waals surface area contributed by atoms with Gasteiger partial charge in [0.05, 0.1) is 5.41 Å². The number of nitrogens with zero attached hydrogens (tertiary/aromatic N) is 3. The van der Waals surface area contributed by atoms with Crippen LogP contribution in [0.2, 0.25) is 0 Å². The highest BCUT2D eigenvalue weighted by Gasteiger charge is 2.50. The molecule has 2 amide bonds. The zero-order valence-corrected chi connectivity index (χ0v) is 14.8. The van der Waals surface area contributed by atoms with Gasteiger partial charge in [-0.1, -0.05) is 19.3 Å². The summed E-state index contributed by atoms with van der Waals surface area (Å²) in [6.45, 7) is 2.17. The number of carbonyl (C=O) groups excluding carboxylic acids is 2. The quantitative estimate of drug-likeness (QED) is 0.831. The van der Waals surface area contributed by atoms with Gasteiger partial charge in [-0.2, -0.15) is 0 Å². The number of aromatic nitrogens is 1. The number of piperidine rings is 1. The number of carbonyl (C=O) groups is 2. The van der Waals surface area contributed by atoms with Gasteiger partial charge in [-0.05, 0) is 44.2 Å². The molecule has 3 aliphatic rings. The first-order valence-corrected chi connectivity index (χ1v) is 9.70. The summed E-state index contributed by atoms with van der Waals surface area (Å²) in [5.74, 6) is 0.345. The Kier molecular flexibility index (Phi) is 4.48. The summed E-state index contributed by atoms with van der Waals surface area (Å²) >= 11 is 0. The van der Waals surface area contributed by atoms with E-state index < -0.39 is 0 Å².